The lowest BCUT2D eigenvalue weighted by atomic mass is 9.81. The lowest BCUT2D eigenvalue weighted by Gasteiger charge is -2.33. The van der Waals surface area contributed by atoms with Gasteiger partial charge in [0.2, 0.25) is 0 Å². The predicted octanol–water partition coefficient (Wildman–Crippen LogP) is 2.48. The quantitative estimate of drug-likeness (QED) is 0.816. The van der Waals surface area contributed by atoms with Gasteiger partial charge in [-0.15, -0.1) is 0 Å². The molecule has 0 unspecified atom stereocenters. The minimum Gasteiger partial charge on any atom is -0.481 e. The first kappa shape index (κ1) is 16.5. The Balaban J connectivity index is 2.09. The SMILES string of the molecule is C[C@@](O)(CC(=O)O)C(=O)O[C@@H]1CCCC[C@H]1c1ccccc1. The summed E-state index contributed by atoms with van der Waals surface area (Å²) < 4.78 is 5.47. The van der Waals surface area contributed by atoms with Crippen LogP contribution < -0.4 is 0 Å². The monoisotopic (exact) mass is 306 g/mol. The van der Waals surface area contributed by atoms with E-state index in [1.165, 1.54) is 6.92 Å². The van der Waals surface area contributed by atoms with Crippen LogP contribution in [-0.2, 0) is 14.3 Å². The van der Waals surface area contributed by atoms with E-state index in [-0.39, 0.29) is 12.0 Å². The normalized spacial score (nSPS) is 24.3. The molecule has 0 spiro atoms. The van der Waals surface area contributed by atoms with E-state index in [9.17, 15) is 14.7 Å². The van der Waals surface area contributed by atoms with Crippen LogP contribution in [0, 0.1) is 0 Å². The second-order valence-electron chi connectivity index (χ2n) is 6.09. The molecule has 0 radical (unpaired) electrons. The maximum Gasteiger partial charge on any atom is 0.338 e. The Morgan fingerprint density at radius 2 is 1.86 bits per heavy atom. The van der Waals surface area contributed by atoms with Crippen LogP contribution in [-0.4, -0.2) is 33.9 Å². The Kier molecular flexibility index (Phi) is 5.19. The highest BCUT2D eigenvalue weighted by molar-refractivity contribution is 5.84. The first-order chi connectivity index (χ1) is 10.4. The molecule has 0 heterocycles. The third kappa shape index (κ3) is 4.07. The highest BCUT2D eigenvalue weighted by Gasteiger charge is 2.38. The maximum atomic E-state index is 12.1. The summed E-state index contributed by atoms with van der Waals surface area (Å²) in [5, 5.41) is 18.8. The highest BCUT2D eigenvalue weighted by Crippen LogP contribution is 2.35. The van der Waals surface area contributed by atoms with Gasteiger partial charge in [-0.1, -0.05) is 36.8 Å². The van der Waals surface area contributed by atoms with Gasteiger partial charge in [0.15, 0.2) is 5.60 Å². The Hall–Kier alpha value is -1.88. The summed E-state index contributed by atoms with van der Waals surface area (Å²) in [4.78, 5) is 22.8. The minimum absolute atomic E-state index is 0.0968. The van der Waals surface area contributed by atoms with Crippen LogP contribution in [0.5, 0.6) is 0 Å². The fraction of sp³-hybridized carbons (Fsp3) is 0.529. The molecule has 0 aliphatic heterocycles. The fourth-order valence-electron chi connectivity index (χ4n) is 2.95. The van der Waals surface area contributed by atoms with Crippen molar-refractivity contribution in [2.24, 2.45) is 0 Å². The molecule has 2 N–H and O–H groups in total. The molecule has 120 valence electrons. The maximum absolute atomic E-state index is 12.1. The lowest BCUT2D eigenvalue weighted by molar-refractivity contribution is -0.176. The smallest absolute Gasteiger partial charge is 0.338 e. The minimum atomic E-state index is -2.00. The van der Waals surface area contributed by atoms with Gasteiger partial charge < -0.3 is 14.9 Å². The zero-order chi connectivity index (χ0) is 16.2. The average Bonchev–Trinajstić information content (AvgIpc) is 2.47. The second kappa shape index (κ2) is 6.92. The van der Waals surface area contributed by atoms with Crippen LogP contribution in [0.25, 0.3) is 0 Å². The van der Waals surface area contributed by atoms with Crippen molar-refractivity contribution in [1.29, 1.82) is 0 Å². The number of benzene rings is 1. The molecular weight excluding hydrogens is 284 g/mol. The van der Waals surface area contributed by atoms with E-state index < -0.39 is 24.0 Å². The van der Waals surface area contributed by atoms with Crippen LogP contribution >= 0.6 is 0 Å². The summed E-state index contributed by atoms with van der Waals surface area (Å²) in [7, 11) is 0. The number of carbonyl (C=O) groups excluding carboxylic acids is 1. The molecule has 2 rings (SSSR count). The molecule has 5 nitrogen and oxygen atoms in total. The summed E-state index contributed by atoms with van der Waals surface area (Å²) in [5.74, 6) is -1.99. The van der Waals surface area contributed by atoms with Crippen LogP contribution in [0.3, 0.4) is 0 Å². The Bertz CT molecular complexity index is 523. The van der Waals surface area contributed by atoms with Gasteiger partial charge in [-0.05, 0) is 31.7 Å². The van der Waals surface area contributed by atoms with E-state index in [4.69, 9.17) is 9.84 Å². The molecule has 0 saturated heterocycles. The van der Waals surface area contributed by atoms with Gasteiger partial charge in [0, 0.05) is 5.92 Å². The van der Waals surface area contributed by atoms with Crippen LogP contribution in [0.1, 0.15) is 50.5 Å². The molecular formula is C17H22O5. The van der Waals surface area contributed by atoms with Crippen LogP contribution in [0.2, 0.25) is 0 Å². The summed E-state index contributed by atoms with van der Waals surface area (Å²) in [6, 6.07) is 9.84. The molecule has 3 atom stereocenters. The van der Waals surface area contributed by atoms with Gasteiger partial charge in [-0.3, -0.25) is 4.79 Å². The molecule has 1 fully saturated rings. The van der Waals surface area contributed by atoms with Crippen molar-refractivity contribution < 1.29 is 24.5 Å². The van der Waals surface area contributed by atoms with Gasteiger partial charge >= 0.3 is 11.9 Å². The molecule has 1 saturated carbocycles. The molecule has 0 aromatic heterocycles. The van der Waals surface area contributed by atoms with E-state index in [0.717, 1.165) is 31.2 Å². The standard InChI is InChI=1S/C17H22O5/c1-17(21,11-15(18)19)16(20)22-14-10-6-5-9-13(14)12-7-3-2-4-8-12/h2-4,7-8,13-14,21H,5-6,9-11H2,1H3,(H,18,19)/t13-,14+,17+/m0/s1. The van der Waals surface area contributed by atoms with E-state index >= 15 is 0 Å². The van der Waals surface area contributed by atoms with Crippen molar-refractivity contribution in [2.45, 2.75) is 56.7 Å². The van der Waals surface area contributed by atoms with Crippen molar-refractivity contribution in [1.82, 2.24) is 0 Å². The number of carboxylic acids is 1. The van der Waals surface area contributed by atoms with Gasteiger partial charge in [-0.2, -0.15) is 0 Å². The Labute approximate surface area is 129 Å². The van der Waals surface area contributed by atoms with Crippen LogP contribution in [0.15, 0.2) is 30.3 Å². The van der Waals surface area contributed by atoms with Gasteiger partial charge in [0.25, 0.3) is 0 Å². The third-order valence-corrected chi connectivity index (χ3v) is 4.12. The highest BCUT2D eigenvalue weighted by atomic mass is 16.6. The Morgan fingerprint density at radius 3 is 2.50 bits per heavy atom. The van der Waals surface area contributed by atoms with Gasteiger partial charge in [0.05, 0.1) is 6.42 Å². The summed E-state index contributed by atoms with van der Waals surface area (Å²) >= 11 is 0. The van der Waals surface area contributed by atoms with E-state index in [0.29, 0.717) is 0 Å². The van der Waals surface area contributed by atoms with Crippen molar-refractivity contribution in [3.8, 4) is 0 Å². The topological polar surface area (TPSA) is 83.8 Å². The second-order valence-corrected chi connectivity index (χ2v) is 6.09. The molecule has 0 bridgehead atoms. The lowest BCUT2D eigenvalue weighted by Crippen LogP contribution is -2.42. The number of carboxylic acid groups (broad SMARTS) is 1. The van der Waals surface area contributed by atoms with E-state index in [1.54, 1.807) is 0 Å². The number of esters is 1. The third-order valence-electron chi connectivity index (χ3n) is 4.12. The van der Waals surface area contributed by atoms with Crippen molar-refractivity contribution in [2.75, 3.05) is 0 Å². The molecule has 5 heteroatoms. The first-order valence-electron chi connectivity index (χ1n) is 7.60. The van der Waals surface area contributed by atoms with Gasteiger partial charge in [0.1, 0.15) is 6.10 Å². The van der Waals surface area contributed by atoms with Crippen molar-refractivity contribution in [3.63, 3.8) is 0 Å². The largest absolute Gasteiger partial charge is 0.481 e. The number of hydrogen-bond acceptors (Lipinski definition) is 4. The number of ether oxygens (including phenoxy) is 1. The number of aliphatic hydroxyl groups is 1. The molecule has 0 amide bonds. The summed E-state index contributed by atoms with van der Waals surface area (Å²) in [6.45, 7) is 1.18. The first-order valence-corrected chi connectivity index (χ1v) is 7.60. The summed E-state index contributed by atoms with van der Waals surface area (Å²) in [6.07, 6.45) is 2.71. The molecule has 1 aliphatic rings. The number of aliphatic carboxylic acids is 1. The number of rotatable bonds is 5. The zero-order valence-corrected chi connectivity index (χ0v) is 12.7. The fourth-order valence-corrected chi connectivity index (χ4v) is 2.95. The van der Waals surface area contributed by atoms with Crippen molar-refractivity contribution in [3.05, 3.63) is 35.9 Å². The van der Waals surface area contributed by atoms with E-state index in [2.05, 4.69) is 0 Å². The molecule has 1 aromatic rings. The predicted molar refractivity (Wildman–Crippen MR) is 80.4 cm³/mol. The van der Waals surface area contributed by atoms with E-state index in [1.807, 2.05) is 30.3 Å². The van der Waals surface area contributed by atoms with Crippen LogP contribution in [0.4, 0.5) is 0 Å². The zero-order valence-electron chi connectivity index (χ0n) is 12.7. The number of hydrogen-bond donors (Lipinski definition) is 2. The molecule has 22 heavy (non-hydrogen) atoms. The van der Waals surface area contributed by atoms with Gasteiger partial charge in [-0.25, -0.2) is 4.79 Å². The number of carbonyl (C=O) groups is 2. The molecule has 1 aliphatic carbocycles. The average molecular weight is 306 g/mol. The Morgan fingerprint density at radius 1 is 1.23 bits per heavy atom. The van der Waals surface area contributed by atoms with Crippen molar-refractivity contribution >= 4 is 11.9 Å². The summed E-state index contributed by atoms with van der Waals surface area (Å²) in [5.41, 5.74) is -0.886. The molecule has 1 aromatic carbocycles.